The largest absolute Gasteiger partial charge is 0.393 e. The highest BCUT2D eigenvalue weighted by Crippen LogP contribution is 2.38. The summed E-state index contributed by atoms with van der Waals surface area (Å²) >= 11 is 0. The predicted octanol–water partition coefficient (Wildman–Crippen LogP) is 5.67. The van der Waals surface area contributed by atoms with Crippen molar-refractivity contribution in [2.45, 2.75) is 90.6 Å². The van der Waals surface area contributed by atoms with Crippen molar-refractivity contribution >= 4 is 5.78 Å². The molecule has 2 nitrogen and oxygen atoms in total. The van der Waals surface area contributed by atoms with Gasteiger partial charge >= 0.3 is 0 Å². The van der Waals surface area contributed by atoms with Gasteiger partial charge in [-0.15, -0.1) is 0 Å². The molecule has 2 unspecified atom stereocenters. The SMILES string of the molecule is CCCC(CCC(O)C1CCC(c2ccc(CC)cc2)CC1)C(C)=O. The molecular weight excluding hydrogens is 308 g/mol. The first kappa shape index (κ1) is 20.2. The average molecular weight is 345 g/mol. The van der Waals surface area contributed by atoms with Crippen molar-refractivity contribution < 1.29 is 9.90 Å². The zero-order valence-electron chi connectivity index (χ0n) is 16.3. The summed E-state index contributed by atoms with van der Waals surface area (Å²) < 4.78 is 0. The van der Waals surface area contributed by atoms with Crippen LogP contribution in [-0.4, -0.2) is 17.0 Å². The fourth-order valence-corrected chi connectivity index (χ4v) is 4.37. The first-order valence-corrected chi connectivity index (χ1v) is 10.3. The number of aliphatic hydroxyl groups is 1. The fraction of sp³-hybridized carbons (Fsp3) is 0.696. The molecular formula is C23H36O2. The van der Waals surface area contributed by atoms with Crippen LogP contribution in [0, 0.1) is 11.8 Å². The molecule has 0 amide bonds. The van der Waals surface area contributed by atoms with E-state index in [0.29, 0.717) is 11.8 Å². The molecule has 0 saturated heterocycles. The molecule has 1 aromatic carbocycles. The Morgan fingerprint density at radius 1 is 1.04 bits per heavy atom. The molecule has 1 aromatic rings. The second-order valence-corrected chi connectivity index (χ2v) is 7.95. The first-order valence-electron chi connectivity index (χ1n) is 10.3. The van der Waals surface area contributed by atoms with Crippen molar-refractivity contribution in [3.8, 4) is 0 Å². The zero-order valence-corrected chi connectivity index (χ0v) is 16.3. The lowest BCUT2D eigenvalue weighted by Gasteiger charge is -2.32. The number of carbonyl (C=O) groups is 1. The van der Waals surface area contributed by atoms with Crippen LogP contribution in [0.3, 0.4) is 0 Å². The Bertz CT molecular complexity index is 511. The summed E-state index contributed by atoms with van der Waals surface area (Å²) in [6, 6.07) is 9.10. The fourth-order valence-electron chi connectivity index (χ4n) is 4.37. The van der Waals surface area contributed by atoms with E-state index in [-0.39, 0.29) is 17.8 Å². The molecule has 2 atom stereocenters. The summed E-state index contributed by atoms with van der Waals surface area (Å²) in [7, 11) is 0. The van der Waals surface area contributed by atoms with E-state index in [9.17, 15) is 9.90 Å². The van der Waals surface area contributed by atoms with E-state index in [1.807, 2.05) is 0 Å². The third-order valence-electron chi connectivity index (χ3n) is 6.20. The van der Waals surface area contributed by atoms with E-state index in [4.69, 9.17) is 0 Å². The molecule has 25 heavy (non-hydrogen) atoms. The maximum Gasteiger partial charge on any atom is 0.132 e. The molecule has 1 aliphatic rings. The molecule has 1 aliphatic carbocycles. The molecule has 1 N–H and O–H groups in total. The Hall–Kier alpha value is -1.15. The number of aliphatic hydroxyl groups excluding tert-OH is 1. The first-order chi connectivity index (χ1) is 12.0. The van der Waals surface area contributed by atoms with Crippen LogP contribution < -0.4 is 0 Å². The third-order valence-corrected chi connectivity index (χ3v) is 6.20. The highest BCUT2D eigenvalue weighted by Gasteiger charge is 2.28. The summed E-state index contributed by atoms with van der Waals surface area (Å²) in [6.07, 6.45) is 9.08. The lowest BCUT2D eigenvalue weighted by molar-refractivity contribution is -0.121. The second kappa shape index (κ2) is 10.1. The van der Waals surface area contributed by atoms with Crippen LogP contribution in [0.5, 0.6) is 0 Å². The molecule has 0 radical (unpaired) electrons. The summed E-state index contributed by atoms with van der Waals surface area (Å²) in [5.74, 6) is 1.50. The topological polar surface area (TPSA) is 37.3 Å². The lowest BCUT2D eigenvalue weighted by atomic mass is 9.75. The Kier molecular flexibility index (Phi) is 8.15. The van der Waals surface area contributed by atoms with Gasteiger partial charge in [0.2, 0.25) is 0 Å². The van der Waals surface area contributed by atoms with E-state index in [0.717, 1.165) is 44.9 Å². The maximum atomic E-state index is 11.7. The number of hydrogen-bond donors (Lipinski definition) is 1. The van der Waals surface area contributed by atoms with E-state index in [2.05, 4.69) is 38.1 Å². The normalized spacial score (nSPS) is 23.2. The summed E-state index contributed by atoms with van der Waals surface area (Å²) in [4.78, 5) is 11.7. The third kappa shape index (κ3) is 5.95. The molecule has 1 fully saturated rings. The summed E-state index contributed by atoms with van der Waals surface area (Å²) in [5, 5.41) is 10.6. The second-order valence-electron chi connectivity index (χ2n) is 7.95. The van der Waals surface area contributed by atoms with Crippen LogP contribution >= 0.6 is 0 Å². The molecule has 1 saturated carbocycles. The van der Waals surface area contributed by atoms with Crippen LogP contribution in [0.2, 0.25) is 0 Å². The molecule has 0 bridgehead atoms. The molecule has 2 rings (SSSR count). The lowest BCUT2D eigenvalue weighted by Crippen LogP contribution is -2.26. The van der Waals surface area contributed by atoms with Gasteiger partial charge in [-0.1, -0.05) is 44.5 Å². The van der Waals surface area contributed by atoms with Gasteiger partial charge in [-0.25, -0.2) is 0 Å². The molecule has 0 spiro atoms. The van der Waals surface area contributed by atoms with Crippen molar-refractivity contribution in [2.24, 2.45) is 11.8 Å². The van der Waals surface area contributed by atoms with Crippen LogP contribution in [0.1, 0.15) is 89.2 Å². The van der Waals surface area contributed by atoms with Crippen molar-refractivity contribution in [2.75, 3.05) is 0 Å². The van der Waals surface area contributed by atoms with Crippen LogP contribution in [0.25, 0.3) is 0 Å². The number of benzene rings is 1. The van der Waals surface area contributed by atoms with Gasteiger partial charge in [0.25, 0.3) is 0 Å². The van der Waals surface area contributed by atoms with E-state index >= 15 is 0 Å². The van der Waals surface area contributed by atoms with Gasteiger partial charge in [0, 0.05) is 5.92 Å². The summed E-state index contributed by atoms with van der Waals surface area (Å²) in [6.45, 7) is 6.02. The number of aryl methyl sites for hydroxylation is 1. The monoisotopic (exact) mass is 344 g/mol. The standard InChI is InChI=1S/C23H36O2/c1-4-6-19(17(3)24)15-16-23(25)22-13-11-21(12-14-22)20-9-7-18(5-2)8-10-20/h7-10,19,21-23,25H,4-6,11-16H2,1-3H3. The molecule has 0 heterocycles. The minimum absolute atomic E-state index is 0.146. The van der Waals surface area contributed by atoms with Crippen molar-refractivity contribution in [3.63, 3.8) is 0 Å². The van der Waals surface area contributed by atoms with Gasteiger partial charge in [-0.05, 0) is 81.3 Å². The Morgan fingerprint density at radius 3 is 2.20 bits per heavy atom. The van der Waals surface area contributed by atoms with Gasteiger partial charge in [0.1, 0.15) is 5.78 Å². The average Bonchev–Trinajstić information content (AvgIpc) is 2.65. The van der Waals surface area contributed by atoms with Crippen molar-refractivity contribution in [3.05, 3.63) is 35.4 Å². The minimum atomic E-state index is -0.234. The van der Waals surface area contributed by atoms with Gasteiger partial charge in [-0.3, -0.25) is 4.79 Å². The molecule has 140 valence electrons. The minimum Gasteiger partial charge on any atom is -0.393 e. The number of ketones is 1. The Labute approximate surface area is 154 Å². The zero-order chi connectivity index (χ0) is 18.2. The number of hydrogen-bond acceptors (Lipinski definition) is 2. The van der Waals surface area contributed by atoms with E-state index in [1.165, 1.54) is 24.0 Å². The van der Waals surface area contributed by atoms with Gasteiger partial charge < -0.3 is 5.11 Å². The predicted molar refractivity (Wildman–Crippen MR) is 105 cm³/mol. The van der Waals surface area contributed by atoms with Crippen molar-refractivity contribution in [1.82, 2.24) is 0 Å². The molecule has 2 heteroatoms. The maximum absolute atomic E-state index is 11.7. The van der Waals surface area contributed by atoms with Crippen molar-refractivity contribution in [1.29, 1.82) is 0 Å². The number of Topliss-reactive ketones (excluding diaryl/α,β-unsaturated/α-hetero) is 1. The van der Waals surface area contributed by atoms with Crippen LogP contribution in [-0.2, 0) is 11.2 Å². The smallest absolute Gasteiger partial charge is 0.132 e. The van der Waals surface area contributed by atoms with E-state index in [1.54, 1.807) is 6.92 Å². The summed E-state index contributed by atoms with van der Waals surface area (Å²) in [5.41, 5.74) is 2.87. The Balaban J connectivity index is 1.79. The van der Waals surface area contributed by atoms with E-state index < -0.39 is 0 Å². The van der Waals surface area contributed by atoms with Gasteiger partial charge in [0.15, 0.2) is 0 Å². The quantitative estimate of drug-likeness (QED) is 0.626. The number of rotatable bonds is 9. The van der Waals surface area contributed by atoms with Gasteiger partial charge in [-0.2, -0.15) is 0 Å². The Morgan fingerprint density at radius 2 is 1.68 bits per heavy atom. The molecule has 0 aliphatic heterocycles. The molecule has 0 aromatic heterocycles. The van der Waals surface area contributed by atoms with Crippen LogP contribution in [0.15, 0.2) is 24.3 Å². The highest BCUT2D eigenvalue weighted by molar-refractivity contribution is 5.78. The number of carbonyl (C=O) groups excluding carboxylic acids is 1. The highest BCUT2D eigenvalue weighted by atomic mass is 16.3. The van der Waals surface area contributed by atoms with Gasteiger partial charge in [0.05, 0.1) is 6.10 Å². The van der Waals surface area contributed by atoms with Crippen LogP contribution in [0.4, 0.5) is 0 Å².